The van der Waals surface area contributed by atoms with Gasteiger partial charge >= 0.3 is 0 Å². The molecule has 0 heterocycles. The summed E-state index contributed by atoms with van der Waals surface area (Å²) in [7, 11) is 0. The lowest BCUT2D eigenvalue weighted by Crippen LogP contribution is -2.16. The largest absolute Gasteiger partial charge is 0.324 e. The van der Waals surface area contributed by atoms with E-state index < -0.39 is 0 Å². The van der Waals surface area contributed by atoms with Gasteiger partial charge in [-0.3, -0.25) is 0 Å². The first-order valence-electron chi connectivity index (χ1n) is 6.01. The molecule has 3 N–H and O–H groups in total. The number of hydrogen-bond acceptors (Lipinski definition) is 2. The zero-order valence-corrected chi connectivity index (χ0v) is 9.89. The van der Waals surface area contributed by atoms with Crippen LogP contribution in [0.2, 0.25) is 0 Å². The van der Waals surface area contributed by atoms with E-state index in [4.69, 9.17) is 11.1 Å². The van der Waals surface area contributed by atoms with Crippen LogP contribution in [0.4, 0.5) is 0 Å². The SMILES string of the molecule is N=C(CC(N)c1ccccc1)C1=CC=CCC1. The van der Waals surface area contributed by atoms with E-state index in [0.717, 1.165) is 24.0 Å². The molecule has 0 radical (unpaired) electrons. The van der Waals surface area contributed by atoms with Crippen molar-refractivity contribution in [3.8, 4) is 0 Å². The van der Waals surface area contributed by atoms with Gasteiger partial charge in [0.2, 0.25) is 0 Å². The van der Waals surface area contributed by atoms with Gasteiger partial charge in [0.25, 0.3) is 0 Å². The molecule has 0 fully saturated rings. The molecule has 17 heavy (non-hydrogen) atoms. The van der Waals surface area contributed by atoms with Crippen molar-refractivity contribution < 1.29 is 0 Å². The van der Waals surface area contributed by atoms with Gasteiger partial charge in [-0.15, -0.1) is 0 Å². The van der Waals surface area contributed by atoms with Crippen molar-refractivity contribution >= 4 is 5.71 Å². The number of nitrogens with two attached hydrogens (primary N) is 1. The third-order valence-corrected chi connectivity index (χ3v) is 3.05. The fourth-order valence-corrected chi connectivity index (χ4v) is 2.02. The van der Waals surface area contributed by atoms with E-state index in [-0.39, 0.29) is 6.04 Å². The molecule has 0 aromatic heterocycles. The molecule has 1 aliphatic rings. The van der Waals surface area contributed by atoms with Gasteiger partial charge in [0, 0.05) is 18.2 Å². The number of rotatable bonds is 4. The van der Waals surface area contributed by atoms with Crippen molar-refractivity contribution in [1.29, 1.82) is 5.41 Å². The summed E-state index contributed by atoms with van der Waals surface area (Å²) >= 11 is 0. The molecule has 0 spiro atoms. The van der Waals surface area contributed by atoms with E-state index in [1.54, 1.807) is 0 Å². The molecule has 0 aliphatic heterocycles. The van der Waals surface area contributed by atoms with Gasteiger partial charge in [-0.05, 0) is 24.0 Å². The van der Waals surface area contributed by atoms with Gasteiger partial charge < -0.3 is 11.1 Å². The van der Waals surface area contributed by atoms with E-state index in [1.807, 2.05) is 42.5 Å². The summed E-state index contributed by atoms with van der Waals surface area (Å²) in [4.78, 5) is 0. The maximum atomic E-state index is 8.08. The molecule has 88 valence electrons. The van der Waals surface area contributed by atoms with Gasteiger partial charge in [0.1, 0.15) is 0 Å². The van der Waals surface area contributed by atoms with Crippen molar-refractivity contribution in [1.82, 2.24) is 0 Å². The molecule has 0 bridgehead atoms. The quantitative estimate of drug-likeness (QED) is 0.760. The van der Waals surface area contributed by atoms with E-state index >= 15 is 0 Å². The van der Waals surface area contributed by atoms with Crippen molar-refractivity contribution in [2.75, 3.05) is 0 Å². The van der Waals surface area contributed by atoms with Crippen molar-refractivity contribution in [3.05, 3.63) is 59.7 Å². The molecular weight excluding hydrogens is 208 g/mol. The topological polar surface area (TPSA) is 49.9 Å². The molecule has 2 rings (SSSR count). The minimum atomic E-state index is -0.0736. The predicted molar refractivity (Wildman–Crippen MR) is 72.2 cm³/mol. The van der Waals surface area contributed by atoms with Crippen LogP contribution < -0.4 is 5.73 Å². The minimum Gasteiger partial charge on any atom is -0.324 e. The Bertz CT molecular complexity index is 443. The summed E-state index contributed by atoms with van der Waals surface area (Å²) in [5.74, 6) is 0. The van der Waals surface area contributed by atoms with Crippen LogP contribution in [0.25, 0.3) is 0 Å². The highest BCUT2D eigenvalue weighted by molar-refractivity contribution is 5.98. The van der Waals surface area contributed by atoms with Crippen molar-refractivity contribution in [2.45, 2.75) is 25.3 Å². The predicted octanol–water partition coefficient (Wildman–Crippen LogP) is 3.37. The summed E-state index contributed by atoms with van der Waals surface area (Å²) < 4.78 is 0. The first kappa shape index (κ1) is 11.8. The molecule has 0 amide bonds. The second kappa shape index (κ2) is 5.60. The van der Waals surface area contributed by atoms with Gasteiger partial charge in [-0.1, -0.05) is 48.6 Å². The smallest absolute Gasteiger partial charge is 0.0364 e. The molecule has 1 aliphatic carbocycles. The summed E-state index contributed by atoms with van der Waals surface area (Å²) in [6.45, 7) is 0. The zero-order valence-electron chi connectivity index (χ0n) is 9.89. The summed E-state index contributed by atoms with van der Waals surface area (Å²) in [6, 6.07) is 9.93. The third kappa shape index (κ3) is 3.14. The molecule has 1 atom stereocenters. The van der Waals surface area contributed by atoms with Crippen molar-refractivity contribution in [2.24, 2.45) is 5.73 Å². The lowest BCUT2D eigenvalue weighted by Gasteiger charge is -2.15. The Morgan fingerprint density at radius 1 is 1.29 bits per heavy atom. The van der Waals surface area contributed by atoms with E-state index in [9.17, 15) is 0 Å². The monoisotopic (exact) mass is 226 g/mol. The fraction of sp³-hybridized carbons (Fsp3) is 0.267. The van der Waals surface area contributed by atoms with Gasteiger partial charge in [0.05, 0.1) is 0 Å². The first-order chi connectivity index (χ1) is 8.27. The van der Waals surface area contributed by atoms with E-state index in [1.165, 1.54) is 0 Å². The van der Waals surface area contributed by atoms with Gasteiger partial charge in [0.15, 0.2) is 0 Å². The highest BCUT2D eigenvalue weighted by atomic mass is 14.6. The molecule has 1 unspecified atom stereocenters. The maximum absolute atomic E-state index is 8.08. The Balaban J connectivity index is 1.99. The van der Waals surface area contributed by atoms with Crippen LogP contribution in [-0.4, -0.2) is 5.71 Å². The number of benzene rings is 1. The Labute approximate surface area is 102 Å². The number of nitrogens with one attached hydrogen (secondary N) is 1. The second-order valence-electron chi connectivity index (χ2n) is 4.36. The average Bonchev–Trinajstić information content (AvgIpc) is 2.40. The second-order valence-corrected chi connectivity index (χ2v) is 4.36. The average molecular weight is 226 g/mol. The van der Waals surface area contributed by atoms with Crippen LogP contribution in [0, 0.1) is 5.41 Å². The van der Waals surface area contributed by atoms with E-state index in [2.05, 4.69) is 6.08 Å². The van der Waals surface area contributed by atoms with Crippen LogP contribution >= 0.6 is 0 Å². The molecular formula is C15H18N2. The number of hydrogen-bond donors (Lipinski definition) is 2. The van der Waals surface area contributed by atoms with E-state index in [0.29, 0.717) is 12.1 Å². The normalized spacial score (nSPS) is 16.4. The lowest BCUT2D eigenvalue weighted by molar-refractivity contribution is 0.756. The van der Waals surface area contributed by atoms with Crippen LogP contribution in [0.5, 0.6) is 0 Å². The first-order valence-corrected chi connectivity index (χ1v) is 6.01. The zero-order chi connectivity index (χ0) is 12.1. The molecule has 1 aromatic rings. The fourth-order valence-electron chi connectivity index (χ4n) is 2.02. The van der Waals surface area contributed by atoms with Crippen LogP contribution in [0.1, 0.15) is 30.9 Å². The molecule has 0 saturated carbocycles. The highest BCUT2D eigenvalue weighted by Gasteiger charge is 2.12. The highest BCUT2D eigenvalue weighted by Crippen LogP contribution is 2.20. The lowest BCUT2D eigenvalue weighted by atomic mass is 9.94. The number of allylic oxidation sites excluding steroid dienone is 4. The summed E-state index contributed by atoms with van der Waals surface area (Å²) in [5.41, 5.74) is 9.01. The van der Waals surface area contributed by atoms with Gasteiger partial charge in [-0.25, -0.2) is 0 Å². The molecule has 2 heteroatoms. The molecule has 1 aromatic carbocycles. The third-order valence-electron chi connectivity index (χ3n) is 3.05. The van der Waals surface area contributed by atoms with Crippen LogP contribution in [-0.2, 0) is 0 Å². The van der Waals surface area contributed by atoms with Crippen LogP contribution in [0.15, 0.2) is 54.1 Å². The maximum Gasteiger partial charge on any atom is 0.0364 e. The Hall–Kier alpha value is -1.67. The van der Waals surface area contributed by atoms with Gasteiger partial charge in [-0.2, -0.15) is 0 Å². The molecule has 2 nitrogen and oxygen atoms in total. The minimum absolute atomic E-state index is 0.0736. The Kier molecular flexibility index (Phi) is 3.89. The van der Waals surface area contributed by atoms with Crippen LogP contribution in [0.3, 0.4) is 0 Å². The Morgan fingerprint density at radius 3 is 2.71 bits per heavy atom. The summed E-state index contributed by atoms with van der Waals surface area (Å²) in [5, 5.41) is 8.08. The molecule has 0 saturated heterocycles. The van der Waals surface area contributed by atoms with Crippen molar-refractivity contribution in [3.63, 3.8) is 0 Å². The Morgan fingerprint density at radius 2 is 2.06 bits per heavy atom. The standard InChI is InChI=1S/C15H18N2/c16-14(12-7-3-1-4-8-12)11-15(17)13-9-5-2-6-10-13/h1-5,7-9,14,17H,6,10-11,16H2. The summed E-state index contributed by atoms with van der Waals surface area (Å²) in [6.07, 6.45) is 8.81.